The van der Waals surface area contributed by atoms with Crippen LogP contribution in [-0.4, -0.2) is 22.7 Å². The third-order valence-corrected chi connectivity index (χ3v) is 5.13. The molecule has 114 valence electrons. The minimum atomic E-state index is -0.198. The molecule has 2 atom stereocenters. The van der Waals surface area contributed by atoms with Gasteiger partial charge in [0.1, 0.15) is 0 Å². The van der Waals surface area contributed by atoms with Gasteiger partial charge >= 0.3 is 5.69 Å². The van der Waals surface area contributed by atoms with Crippen LogP contribution in [0.4, 0.5) is 0 Å². The van der Waals surface area contributed by atoms with E-state index in [1.807, 2.05) is 12.1 Å². The number of H-pyrrole nitrogens is 2. The maximum Gasteiger partial charge on any atom is 0.323 e. The number of nitrogens with one attached hydrogen (secondary N) is 2. The van der Waals surface area contributed by atoms with Crippen molar-refractivity contribution in [2.45, 2.75) is 43.6 Å². The first-order valence-electron chi connectivity index (χ1n) is 7.30. The second kappa shape index (κ2) is 6.55. The smallest absolute Gasteiger partial charge is 0.323 e. The Morgan fingerprint density at radius 3 is 2.81 bits per heavy atom. The van der Waals surface area contributed by atoms with E-state index in [4.69, 9.17) is 16.3 Å². The molecule has 6 heteroatoms. The molecule has 2 unspecified atom stereocenters. The highest BCUT2D eigenvalue weighted by atomic mass is 79.9. The highest BCUT2D eigenvalue weighted by Gasteiger charge is 2.18. The van der Waals surface area contributed by atoms with E-state index < -0.39 is 0 Å². The lowest BCUT2D eigenvalue weighted by molar-refractivity contribution is 0.01000. The standard InChI is InChI=1S/C15H18BrClN2O2/c16-11-8-14-13(18-15(20)19-14)7-10(11)12(17)5-4-9-3-1-2-6-21-9/h7-9,12H,1-6H2,(H2,18,19,20). The van der Waals surface area contributed by atoms with E-state index in [0.717, 1.165) is 46.9 Å². The number of halogens is 2. The van der Waals surface area contributed by atoms with Crippen LogP contribution in [0.3, 0.4) is 0 Å². The van der Waals surface area contributed by atoms with Crippen molar-refractivity contribution in [2.24, 2.45) is 0 Å². The summed E-state index contributed by atoms with van der Waals surface area (Å²) < 4.78 is 6.67. The van der Waals surface area contributed by atoms with Crippen LogP contribution in [-0.2, 0) is 4.74 Å². The summed E-state index contributed by atoms with van der Waals surface area (Å²) in [7, 11) is 0. The molecule has 3 rings (SSSR count). The second-order valence-electron chi connectivity index (χ2n) is 5.53. The third-order valence-electron chi connectivity index (χ3n) is 3.99. The molecule has 0 aliphatic carbocycles. The molecule has 0 amide bonds. The lowest BCUT2D eigenvalue weighted by atomic mass is 10.0. The van der Waals surface area contributed by atoms with Gasteiger partial charge in [-0.3, -0.25) is 0 Å². The first-order valence-corrected chi connectivity index (χ1v) is 8.53. The van der Waals surface area contributed by atoms with Gasteiger partial charge in [-0.2, -0.15) is 0 Å². The van der Waals surface area contributed by atoms with Gasteiger partial charge in [-0.05, 0) is 49.8 Å². The van der Waals surface area contributed by atoms with E-state index in [1.165, 1.54) is 12.8 Å². The molecule has 1 aromatic carbocycles. The normalized spacial score (nSPS) is 20.8. The first kappa shape index (κ1) is 15.1. The van der Waals surface area contributed by atoms with Gasteiger partial charge < -0.3 is 14.7 Å². The van der Waals surface area contributed by atoms with Crippen molar-refractivity contribution in [1.29, 1.82) is 0 Å². The van der Waals surface area contributed by atoms with E-state index in [1.54, 1.807) is 0 Å². The average Bonchev–Trinajstić information content (AvgIpc) is 2.84. The molecule has 1 aliphatic rings. The number of aromatic amines is 2. The van der Waals surface area contributed by atoms with Gasteiger partial charge in [-0.15, -0.1) is 11.6 Å². The fourth-order valence-corrected chi connectivity index (χ4v) is 3.89. The number of fused-ring (bicyclic) bond motifs is 1. The van der Waals surface area contributed by atoms with Gasteiger partial charge in [0.15, 0.2) is 0 Å². The second-order valence-corrected chi connectivity index (χ2v) is 6.91. The Kier molecular flexibility index (Phi) is 4.72. The minimum Gasteiger partial charge on any atom is -0.378 e. The molecule has 21 heavy (non-hydrogen) atoms. The zero-order chi connectivity index (χ0) is 14.8. The molecule has 0 bridgehead atoms. The SMILES string of the molecule is O=c1[nH]c2cc(Br)c(C(Cl)CCC3CCCCO3)cc2[nH]1. The Balaban J connectivity index is 1.72. The maximum atomic E-state index is 11.3. The van der Waals surface area contributed by atoms with Gasteiger partial charge in [0, 0.05) is 11.1 Å². The van der Waals surface area contributed by atoms with E-state index in [0.29, 0.717) is 6.10 Å². The number of ether oxygens (including phenoxy) is 1. The topological polar surface area (TPSA) is 57.9 Å². The molecule has 1 saturated heterocycles. The lowest BCUT2D eigenvalue weighted by Gasteiger charge is -2.23. The number of hydrogen-bond donors (Lipinski definition) is 2. The molecule has 0 radical (unpaired) electrons. The summed E-state index contributed by atoms with van der Waals surface area (Å²) in [5, 5.41) is -0.0901. The Labute approximate surface area is 136 Å². The zero-order valence-electron chi connectivity index (χ0n) is 11.6. The molecule has 2 heterocycles. The molecule has 4 nitrogen and oxygen atoms in total. The van der Waals surface area contributed by atoms with E-state index in [-0.39, 0.29) is 11.1 Å². The zero-order valence-corrected chi connectivity index (χ0v) is 14.0. The molecule has 2 aromatic rings. The largest absolute Gasteiger partial charge is 0.378 e. The van der Waals surface area contributed by atoms with Crippen LogP contribution in [0.5, 0.6) is 0 Å². The third kappa shape index (κ3) is 3.52. The van der Waals surface area contributed by atoms with Crippen LogP contribution < -0.4 is 5.69 Å². The molecular weight excluding hydrogens is 356 g/mol. The summed E-state index contributed by atoms with van der Waals surface area (Å²) in [6.45, 7) is 0.873. The van der Waals surface area contributed by atoms with E-state index in [9.17, 15) is 4.79 Å². The van der Waals surface area contributed by atoms with Crippen molar-refractivity contribution in [2.75, 3.05) is 6.61 Å². The molecule has 1 aliphatic heterocycles. The highest BCUT2D eigenvalue weighted by Crippen LogP contribution is 2.35. The van der Waals surface area contributed by atoms with Crippen LogP contribution in [0.25, 0.3) is 11.0 Å². The van der Waals surface area contributed by atoms with Crippen molar-refractivity contribution in [3.05, 3.63) is 32.7 Å². The fraction of sp³-hybridized carbons (Fsp3) is 0.533. The molecule has 1 aromatic heterocycles. The number of imidazole rings is 1. The van der Waals surface area contributed by atoms with Crippen LogP contribution in [0.1, 0.15) is 43.0 Å². The minimum absolute atomic E-state index is 0.0901. The van der Waals surface area contributed by atoms with Crippen LogP contribution >= 0.6 is 27.5 Å². The number of rotatable bonds is 4. The van der Waals surface area contributed by atoms with Crippen molar-refractivity contribution in [1.82, 2.24) is 9.97 Å². The summed E-state index contributed by atoms with van der Waals surface area (Å²) in [5.74, 6) is 0. The van der Waals surface area contributed by atoms with Crippen molar-refractivity contribution in [3.8, 4) is 0 Å². The highest BCUT2D eigenvalue weighted by molar-refractivity contribution is 9.10. The molecular formula is C15H18BrClN2O2. The number of benzene rings is 1. The Hall–Kier alpha value is -0.780. The monoisotopic (exact) mass is 372 g/mol. The van der Waals surface area contributed by atoms with Gasteiger partial charge in [0.25, 0.3) is 0 Å². The van der Waals surface area contributed by atoms with Crippen LogP contribution in [0, 0.1) is 0 Å². The number of aromatic nitrogens is 2. The lowest BCUT2D eigenvalue weighted by Crippen LogP contribution is -2.19. The van der Waals surface area contributed by atoms with E-state index in [2.05, 4.69) is 25.9 Å². The first-order chi connectivity index (χ1) is 10.1. The van der Waals surface area contributed by atoms with Crippen LogP contribution in [0.2, 0.25) is 0 Å². The summed E-state index contributed by atoms with van der Waals surface area (Å²) in [5.41, 5.74) is 2.39. The fourth-order valence-electron chi connectivity index (χ4n) is 2.84. The Bertz CT molecular complexity index is 676. The maximum absolute atomic E-state index is 11.3. The summed E-state index contributed by atoms with van der Waals surface area (Å²) in [6.07, 6.45) is 5.74. The summed E-state index contributed by atoms with van der Waals surface area (Å²) in [6, 6.07) is 3.84. The molecule has 0 spiro atoms. The van der Waals surface area contributed by atoms with Gasteiger partial charge in [-0.25, -0.2) is 4.79 Å². The van der Waals surface area contributed by atoms with Crippen molar-refractivity contribution >= 4 is 38.6 Å². The quantitative estimate of drug-likeness (QED) is 0.787. The predicted molar refractivity (Wildman–Crippen MR) is 88.0 cm³/mol. The molecule has 1 fully saturated rings. The molecule has 0 saturated carbocycles. The van der Waals surface area contributed by atoms with E-state index >= 15 is 0 Å². The number of hydrogen-bond acceptors (Lipinski definition) is 2. The van der Waals surface area contributed by atoms with Gasteiger partial charge in [-0.1, -0.05) is 15.9 Å². The van der Waals surface area contributed by atoms with Gasteiger partial charge in [0.05, 0.1) is 22.5 Å². The average molecular weight is 374 g/mol. The Morgan fingerprint density at radius 1 is 1.33 bits per heavy atom. The van der Waals surface area contributed by atoms with Crippen molar-refractivity contribution in [3.63, 3.8) is 0 Å². The summed E-state index contributed by atoms with van der Waals surface area (Å²) in [4.78, 5) is 16.9. The predicted octanol–water partition coefficient (Wildman–Crippen LogP) is 4.25. The number of alkyl halides is 1. The molecule has 2 N–H and O–H groups in total. The Morgan fingerprint density at radius 2 is 2.10 bits per heavy atom. The van der Waals surface area contributed by atoms with Crippen LogP contribution in [0.15, 0.2) is 21.4 Å². The van der Waals surface area contributed by atoms with Crippen molar-refractivity contribution < 1.29 is 4.74 Å². The van der Waals surface area contributed by atoms with Gasteiger partial charge in [0.2, 0.25) is 0 Å². The summed E-state index contributed by atoms with van der Waals surface area (Å²) >= 11 is 10.1.